The smallest absolute Gasteiger partial charge is 0.191 e. The Kier molecular flexibility index (Phi) is 7.86. The van der Waals surface area contributed by atoms with Crippen LogP contribution in [0.1, 0.15) is 46.9 Å². The van der Waals surface area contributed by atoms with E-state index in [1.54, 1.807) is 0 Å². The van der Waals surface area contributed by atoms with Crippen molar-refractivity contribution >= 4 is 17.3 Å². The summed E-state index contributed by atoms with van der Waals surface area (Å²) < 4.78 is 0. The number of aryl methyl sites for hydroxylation is 2. The lowest BCUT2D eigenvalue weighted by Crippen LogP contribution is -2.43. The molecule has 1 atom stereocenters. The predicted molar refractivity (Wildman–Crippen MR) is 119 cm³/mol. The third kappa shape index (κ3) is 5.55. The SMILES string of the molecule is CCc1nc(CCNC(=NC)NCC(c2ccccc2)N2CCCC2)sc1C. The molecule has 1 unspecified atom stereocenters. The zero-order chi connectivity index (χ0) is 19.8. The summed E-state index contributed by atoms with van der Waals surface area (Å²) in [5.41, 5.74) is 2.61. The molecule has 1 aliphatic heterocycles. The number of rotatable bonds is 8. The van der Waals surface area contributed by atoms with Gasteiger partial charge in [0.05, 0.1) is 16.7 Å². The second-order valence-electron chi connectivity index (χ2n) is 7.26. The van der Waals surface area contributed by atoms with Crippen LogP contribution in [0.15, 0.2) is 35.3 Å². The molecular formula is C22H33N5S. The highest BCUT2D eigenvalue weighted by atomic mass is 32.1. The minimum Gasteiger partial charge on any atom is -0.356 e. The minimum atomic E-state index is 0.385. The number of likely N-dealkylation sites (tertiary alicyclic amines) is 1. The van der Waals surface area contributed by atoms with E-state index in [1.165, 1.54) is 47.1 Å². The molecule has 2 aromatic rings. The fraction of sp³-hybridized carbons (Fsp3) is 0.545. The topological polar surface area (TPSA) is 52.6 Å². The molecule has 1 saturated heterocycles. The van der Waals surface area contributed by atoms with E-state index in [9.17, 15) is 0 Å². The number of thiazole rings is 1. The van der Waals surface area contributed by atoms with Gasteiger partial charge in [0.25, 0.3) is 0 Å². The third-order valence-electron chi connectivity index (χ3n) is 5.36. The lowest BCUT2D eigenvalue weighted by atomic mass is 10.1. The molecule has 5 nitrogen and oxygen atoms in total. The second-order valence-corrected chi connectivity index (χ2v) is 8.55. The van der Waals surface area contributed by atoms with Gasteiger partial charge >= 0.3 is 0 Å². The standard InChI is InChI=1S/C22H33N5S/c1-4-19-17(2)28-21(26-19)12-13-24-22(23-3)25-16-20(27-14-8-9-15-27)18-10-6-5-7-11-18/h5-7,10-11,20H,4,8-9,12-16H2,1-3H3,(H2,23,24,25). The summed E-state index contributed by atoms with van der Waals surface area (Å²) in [5.74, 6) is 0.865. The largest absolute Gasteiger partial charge is 0.356 e. The molecule has 6 heteroatoms. The van der Waals surface area contributed by atoms with E-state index >= 15 is 0 Å². The first kappa shape index (κ1) is 20.8. The van der Waals surface area contributed by atoms with Crippen molar-refractivity contribution in [3.8, 4) is 0 Å². The average molecular weight is 400 g/mol. The number of hydrogen-bond acceptors (Lipinski definition) is 4. The van der Waals surface area contributed by atoms with Crippen molar-refractivity contribution in [1.82, 2.24) is 20.5 Å². The van der Waals surface area contributed by atoms with Gasteiger partial charge in [0.2, 0.25) is 0 Å². The van der Waals surface area contributed by atoms with Crippen molar-refractivity contribution < 1.29 is 0 Å². The summed E-state index contributed by atoms with van der Waals surface area (Å²) in [5, 5.41) is 8.19. The third-order valence-corrected chi connectivity index (χ3v) is 6.43. The fourth-order valence-corrected chi connectivity index (χ4v) is 4.83. The highest BCUT2D eigenvalue weighted by Crippen LogP contribution is 2.24. The Balaban J connectivity index is 1.52. The average Bonchev–Trinajstić information content (AvgIpc) is 3.37. The summed E-state index contributed by atoms with van der Waals surface area (Å²) in [6.07, 6.45) is 4.53. The number of nitrogens with one attached hydrogen (secondary N) is 2. The molecule has 1 aliphatic rings. The number of aromatic nitrogens is 1. The zero-order valence-electron chi connectivity index (χ0n) is 17.4. The van der Waals surface area contributed by atoms with Crippen LogP contribution in [0, 0.1) is 6.92 Å². The maximum atomic E-state index is 4.73. The molecule has 1 fully saturated rings. The molecule has 0 saturated carbocycles. The molecule has 0 amide bonds. The highest BCUT2D eigenvalue weighted by Gasteiger charge is 2.23. The zero-order valence-corrected chi connectivity index (χ0v) is 18.2. The van der Waals surface area contributed by atoms with Gasteiger partial charge in [-0.1, -0.05) is 37.3 Å². The summed E-state index contributed by atoms with van der Waals surface area (Å²) >= 11 is 1.81. The summed E-state index contributed by atoms with van der Waals surface area (Å²) in [6, 6.07) is 11.2. The van der Waals surface area contributed by atoms with Gasteiger partial charge in [-0.25, -0.2) is 4.98 Å². The maximum Gasteiger partial charge on any atom is 0.191 e. The van der Waals surface area contributed by atoms with Crippen LogP contribution < -0.4 is 10.6 Å². The number of aliphatic imine (C=N–C) groups is 1. The molecule has 28 heavy (non-hydrogen) atoms. The monoisotopic (exact) mass is 399 g/mol. The van der Waals surface area contributed by atoms with Crippen LogP contribution in [-0.4, -0.2) is 49.1 Å². The van der Waals surface area contributed by atoms with Gasteiger partial charge in [-0.15, -0.1) is 11.3 Å². The van der Waals surface area contributed by atoms with Gasteiger partial charge in [0.15, 0.2) is 5.96 Å². The quantitative estimate of drug-likeness (QED) is 0.526. The van der Waals surface area contributed by atoms with E-state index in [4.69, 9.17) is 4.98 Å². The number of benzene rings is 1. The van der Waals surface area contributed by atoms with E-state index in [1.807, 2.05) is 18.4 Å². The van der Waals surface area contributed by atoms with Crippen LogP contribution in [0.3, 0.4) is 0 Å². The van der Waals surface area contributed by atoms with Crippen molar-refractivity contribution in [2.45, 2.75) is 45.6 Å². The fourth-order valence-electron chi connectivity index (χ4n) is 3.81. The van der Waals surface area contributed by atoms with Crippen LogP contribution in [0.2, 0.25) is 0 Å². The maximum absolute atomic E-state index is 4.73. The lowest BCUT2D eigenvalue weighted by Gasteiger charge is -2.29. The van der Waals surface area contributed by atoms with Crippen molar-refractivity contribution in [2.24, 2.45) is 4.99 Å². The van der Waals surface area contributed by atoms with Gasteiger partial charge in [-0.05, 0) is 44.8 Å². The molecule has 152 valence electrons. The van der Waals surface area contributed by atoms with Gasteiger partial charge in [-0.3, -0.25) is 9.89 Å². The van der Waals surface area contributed by atoms with Gasteiger partial charge in [0.1, 0.15) is 0 Å². The van der Waals surface area contributed by atoms with Crippen molar-refractivity contribution in [3.05, 3.63) is 51.5 Å². The molecule has 3 rings (SSSR count). The van der Waals surface area contributed by atoms with E-state index in [0.717, 1.165) is 31.9 Å². The van der Waals surface area contributed by atoms with Gasteiger partial charge in [-0.2, -0.15) is 0 Å². The first-order chi connectivity index (χ1) is 13.7. The molecule has 0 spiro atoms. The van der Waals surface area contributed by atoms with Gasteiger partial charge in [0, 0.05) is 31.4 Å². The van der Waals surface area contributed by atoms with Crippen LogP contribution in [0.5, 0.6) is 0 Å². The number of guanidine groups is 1. The van der Waals surface area contributed by atoms with Crippen molar-refractivity contribution in [1.29, 1.82) is 0 Å². The van der Waals surface area contributed by atoms with E-state index in [-0.39, 0.29) is 0 Å². The second kappa shape index (κ2) is 10.6. The Labute approximate surface area is 173 Å². The Hall–Kier alpha value is -1.92. The summed E-state index contributed by atoms with van der Waals surface area (Å²) in [4.78, 5) is 13.1. The molecule has 1 aromatic carbocycles. The Morgan fingerprint density at radius 3 is 2.61 bits per heavy atom. The van der Waals surface area contributed by atoms with E-state index in [2.05, 4.69) is 64.7 Å². The minimum absolute atomic E-state index is 0.385. The molecular weight excluding hydrogens is 366 g/mol. The van der Waals surface area contributed by atoms with Crippen molar-refractivity contribution in [3.63, 3.8) is 0 Å². The summed E-state index contributed by atoms with van der Waals surface area (Å²) in [7, 11) is 1.84. The molecule has 1 aromatic heterocycles. The Morgan fingerprint density at radius 1 is 1.21 bits per heavy atom. The van der Waals surface area contributed by atoms with Crippen molar-refractivity contribution in [2.75, 3.05) is 33.2 Å². The molecule has 2 heterocycles. The van der Waals surface area contributed by atoms with E-state index < -0.39 is 0 Å². The molecule has 0 aliphatic carbocycles. The first-order valence-electron chi connectivity index (χ1n) is 10.4. The normalized spacial score (nSPS) is 16.3. The number of hydrogen-bond donors (Lipinski definition) is 2. The molecule has 0 radical (unpaired) electrons. The first-order valence-corrected chi connectivity index (χ1v) is 11.2. The highest BCUT2D eigenvalue weighted by molar-refractivity contribution is 7.11. The number of nitrogens with zero attached hydrogens (tertiary/aromatic N) is 3. The lowest BCUT2D eigenvalue weighted by molar-refractivity contribution is 0.245. The van der Waals surface area contributed by atoms with E-state index in [0.29, 0.717) is 6.04 Å². The molecule has 2 N–H and O–H groups in total. The van der Waals surface area contributed by atoms with Crippen LogP contribution in [0.4, 0.5) is 0 Å². The van der Waals surface area contributed by atoms with Crippen LogP contribution >= 0.6 is 11.3 Å². The van der Waals surface area contributed by atoms with Crippen LogP contribution in [0.25, 0.3) is 0 Å². The molecule has 0 bridgehead atoms. The Bertz CT molecular complexity index is 750. The Morgan fingerprint density at radius 2 is 1.96 bits per heavy atom. The van der Waals surface area contributed by atoms with Gasteiger partial charge < -0.3 is 10.6 Å². The summed E-state index contributed by atoms with van der Waals surface area (Å²) in [6.45, 7) is 8.39. The van der Waals surface area contributed by atoms with Crippen LogP contribution in [-0.2, 0) is 12.8 Å². The predicted octanol–water partition coefficient (Wildman–Crippen LogP) is 3.56.